The number of rotatable bonds is 5. The van der Waals surface area contributed by atoms with Gasteiger partial charge in [0.25, 0.3) is 0 Å². The van der Waals surface area contributed by atoms with Crippen molar-refractivity contribution >= 4 is 11.6 Å². The van der Waals surface area contributed by atoms with E-state index in [1.165, 1.54) is 0 Å². The first-order chi connectivity index (χ1) is 9.49. The summed E-state index contributed by atoms with van der Waals surface area (Å²) in [4.78, 5) is 4.38. The molecule has 2 rings (SSSR count). The molecule has 0 atom stereocenters. The van der Waals surface area contributed by atoms with Gasteiger partial charge in [0.1, 0.15) is 0 Å². The Labute approximate surface area is 125 Å². The SMILES string of the molecule is Cc1nn(-c2ccnc(CNCC(C)C)c2)c(C)c1Cl. The third kappa shape index (κ3) is 3.38. The Morgan fingerprint density at radius 3 is 2.70 bits per heavy atom. The van der Waals surface area contributed by atoms with Gasteiger partial charge in [0.05, 0.1) is 27.8 Å². The van der Waals surface area contributed by atoms with Gasteiger partial charge in [0.2, 0.25) is 0 Å². The van der Waals surface area contributed by atoms with Crippen molar-refractivity contribution in [1.29, 1.82) is 0 Å². The lowest BCUT2D eigenvalue weighted by Crippen LogP contribution is -2.19. The van der Waals surface area contributed by atoms with Crippen LogP contribution >= 0.6 is 11.6 Å². The fourth-order valence-corrected chi connectivity index (χ4v) is 2.18. The summed E-state index contributed by atoms with van der Waals surface area (Å²) in [5.74, 6) is 0.632. The van der Waals surface area contributed by atoms with E-state index in [2.05, 4.69) is 29.2 Å². The van der Waals surface area contributed by atoms with Crippen LogP contribution in [0.15, 0.2) is 18.3 Å². The van der Waals surface area contributed by atoms with E-state index in [0.29, 0.717) is 5.92 Å². The first-order valence-corrected chi connectivity index (χ1v) is 7.24. The summed E-state index contributed by atoms with van der Waals surface area (Å²) in [7, 11) is 0. The van der Waals surface area contributed by atoms with Gasteiger partial charge in [0.15, 0.2) is 0 Å². The second kappa shape index (κ2) is 6.37. The molecule has 0 aliphatic carbocycles. The summed E-state index contributed by atoms with van der Waals surface area (Å²) >= 11 is 6.20. The Hall–Kier alpha value is -1.39. The van der Waals surface area contributed by atoms with Gasteiger partial charge in [-0.05, 0) is 38.4 Å². The molecule has 5 heteroatoms. The number of aromatic nitrogens is 3. The number of nitrogens with one attached hydrogen (secondary N) is 1. The molecule has 20 heavy (non-hydrogen) atoms. The number of pyridine rings is 1. The Morgan fingerprint density at radius 1 is 1.35 bits per heavy atom. The van der Waals surface area contributed by atoms with Crippen LogP contribution in [0.4, 0.5) is 0 Å². The largest absolute Gasteiger partial charge is 0.311 e. The van der Waals surface area contributed by atoms with Crippen LogP contribution < -0.4 is 5.32 Å². The highest BCUT2D eigenvalue weighted by molar-refractivity contribution is 6.31. The average Bonchev–Trinajstić information content (AvgIpc) is 2.66. The second-order valence-corrected chi connectivity index (χ2v) is 5.80. The van der Waals surface area contributed by atoms with E-state index in [9.17, 15) is 0 Å². The van der Waals surface area contributed by atoms with Crippen LogP contribution in [0.5, 0.6) is 0 Å². The highest BCUT2D eigenvalue weighted by Gasteiger charge is 2.11. The Bertz CT molecular complexity index is 590. The monoisotopic (exact) mass is 292 g/mol. The van der Waals surface area contributed by atoms with Gasteiger partial charge in [0, 0.05) is 12.7 Å². The van der Waals surface area contributed by atoms with Crippen molar-refractivity contribution in [2.45, 2.75) is 34.2 Å². The number of aryl methyl sites for hydroxylation is 1. The van der Waals surface area contributed by atoms with E-state index in [1.807, 2.05) is 36.9 Å². The van der Waals surface area contributed by atoms with E-state index in [1.54, 1.807) is 0 Å². The van der Waals surface area contributed by atoms with E-state index in [-0.39, 0.29) is 0 Å². The van der Waals surface area contributed by atoms with Crippen molar-refractivity contribution in [3.8, 4) is 5.69 Å². The van der Waals surface area contributed by atoms with E-state index >= 15 is 0 Å². The molecule has 0 fully saturated rings. The van der Waals surface area contributed by atoms with Crippen molar-refractivity contribution in [2.24, 2.45) is 5.92 Å². The quantitative estimate of drug-likeness (QED) is 0.919. The zero-order chi connectivity index (χ0) is 14.7. The zero-order valence-corrected chi connectivity index (χ0v) is 13.2. The molecule has 0 amide bonds. The number of halogens is 1. The van der Waals surface area contributed by atoms with Gasteiger partial charge in [-0.1, -0.05) is 25.4 Å². The maximum absolute atomic E-state index is 6.20. The van der Waals surface area contributed by atoms with Crippen LogP contribution in [0.2, 0.25) is 5.02 Å². The standard InChI is InChI=1S/C15H21ClN4/c1-10(2)8-17-9-13-7-14(5-6-18-13)20-12(4)15(16)11(3)19-20/h5-7,10,17H,8-9H2,1-4H3. The fourth-order valence-electron chi connectivity index (χ4n) is 2.06. The predicted octanol–water partition coefficient (Wildman–Crippen LogP) is 3.28. The first kappa shape index (κ1) is 15.0. The lowest BCUT2D eigenvalue weighted by Gasteiger charge is -2.09. The van der Waals surface area contributed by atoms with Crippen molar-refractivity contribution in [3.05, 3.63) is 40.4 Å². The minimum Gasteiger partial charge on any atom is -0.311 e. The molecular formula is C15H21ClN4. The summed E-state index contributed by atoms with van der Waals surface area (Å²) in [5.41, 5.74) is 3.80. The third-order valence-corrected chi connectivity index (χ3v) is 3.65. The molecule has 0 bridgehead atoms. The summed E-state index contributed by atoms with van der Waals surface area (Å²) < 4.78 is 1.87. The summed E-state index contributed by atoms with van der Waals surface area (Å²) in [6.07, 6.45) is 1.81. The average molecular weight is 293 g/mol. The molecule has 0 saturated heterocycles. The number of nitrogens with zero attached hydrogens (tertiary/aromatic N) is 3. The number of hydrogen-bond acceptors (Lipinski definition) is 3. The minimum atomic E-state index is 0.632. The molecule has 2 aromatic heterocycles. The van der Waals surface area contributed by atoms with Gasteiger partial charge in [-0.15, -0.1) is 0 Å². The molecule has 0 spiro atoms. The van der Waals surface area contributed by atoms with Gasteiger partial charge >= 0.3 is 0 Å². The molecule has 0 radical (unpaired) electrons. The van der Waals surface area contributed by atoms with Crippen molar-refractivity contribution in [1.82, 2.24) is 20.1 Å². The van der Waals surface area contributed by atoms with Crippen LogP contribution in [0, 0.1) is 19.8 Å². The molecule has 0 aromatic carbocycles. The third-order valence-electron chi connectivity index (χ3n) is 3.11. The molecule has 1 N–H and O–H groups in total. The van der Waals surface area contributed by atoms with Gasteiger partial charge in [-0.2, -0.15) is 5.10 Å². The lowest BCUT2D eigenvalue weighted by molar-refractivity contribution is 0.548. The first-order valence-electron chi connectivity index (χ1n) is 6.86. The lowest BCUT2D eigenvalue weighted by atomic mass is 10.2. The summed E-state index contributed by atoms with van der Waals surface area (Å²) in [6.45, 7) is 10.0. The zero-order valence-electron chi connectivity index (χ0n) is 12.4. The molecule has 0 saturated carbocycles. The molecule has 0 aliphatic heterocycles. The van der Waals surface area contributed by atoms with Gasteiger partial charge in [-0.3, -0.25) is 4.98 Å². The Kier molecular flexibility index (Phi) is 4.78. The van der Waals surface area contributed by atoms with Crippen molar-refractivity contribution < 1.29 is 0 Å². The smallest absolute Gasteiger partial charge is 0.0848 e. The molecule has 108 valence electrons. The highest BCUT2D eigenvalue weighted by atomic mass is 35.5. The normalized spacial score (nSPS) is 11.3. The van der Waals surface area contributed by atoms with Gasteiger partial charge in [-0.25, -0.2) is 4.68 Å². The van der Waals surface area contributed by atoms with Crippen molar-refractivity contribution in [2.75, 3.05) is 6.54 Å². The van der Waals surface area contributed by atoms with E-state index in [4.69, 9.17) is 11.6 Å². The molecule has 2 aromatic rings. The molecule has 4 nitrogen and oxygen atoms in total. The predicted molar refractivity (Wildman–Crippen MR) is 82.4 cm³/mol. The molecular weight excluding hydrogens is 272 g/mol. The highest BCUT2D eigenvalue weighted by Crippen LogP contribution is 2.22. The maximum Gasteiger partial charge on any atom is 0.0848 e. The second-order valence-electron chi connectivity index (χ2n) is 5.43. The Morgan fingerprint density at radius 2 is 2.10 bits per heavy atom. The van der Waals surface area contributed by atoms with Crippen LogP contribution in [-0.4, -0.2) is 21.3 Å². The van der Waals surface area contributed by atoms with E-state index < -0.39 is 0 Å². The van der Waals surface area contributed by atoms with Crippen LogP contribution in [0.3, 0.4) is 0 Å². The topological polar surface area (TPSA) is 42.7 Å². The van der Waals surface area contributed by atoms with Crippen molar-refractivity contribution in [3.63, 3.8) is 0 Å². The minimum absolute atomic E-state index is 0.632. The molecule has 0 aliphatic rings. The van der Waals surface area contributed by atoms with E-state index in [0.717, 1.165) is 40.9 Å². The summed E-state index contributed by atoms with van der Waals surface area (Å²) in [5, 5.41) is 8.58. The van der Waals surface area contributed by atoms with Crippen LogP contribution in [0.1, 0.15) is 30.9 Å². The molecule has 0 unspecified atom stereocenters. The van der Waals surface area contributed by atoms with Crippen LogP contribution in [-0.2, 0) is 6.54 Å². The Balaban J connectivity index is 2.19. The maximum atomic E-state index is 6.20. The van der Waals surface area contributed by atoms with Crippen LogP contribution in [0.25, 0.3) is 5.69 Å². The summed E-state index contributed by atoms with van der Waals surface area (Å²) in [6, 6.07) is 3.99. The fraction of sp³-hybridized carbons (Fsp3) is 0.467. The number of hydrogen-bond donors (Lipinski definition) is 1. The van der Waals surface area contributed by atoms with Gasteiger partial charge < -0.3 is 5.32 Å². The molecule has 2 heterocycles.